The number of carbonyl (C=O) groups is 1. The normalized spacial score (nSPS) is 25.4. The molecule has 1 aliphatic carbocycles. The van der Waals surface area contributed by atoms with Crippen LogP contribution in [0.25, 0.3) is 0 Å². The quantitative estimate of drug-likeness (QED) is 0.880. The average molecular weight is 318 g/mol. The van der Waals surface area contributed by atoms with Crippen molar-refractivity contribution in [1.82, 2.24) is 0 Å². The van der Waals surface area contributed by atoms with Crippen LogP contribution in [-0.4, -0.2) is 22.8 Å². The van der Waals surface area contributed by atoms with Crippen LogP contribution in [0.1, 0.15) is 0 Å². The molecule has 2 atom stereocenters. The molecule has 0 fully saturated rings. The molecule has 0 bridgehead atoms. The third kappa shape index (κ3) is 3.11. The van der Waals surface area contributed by atoms with Crippen LogP contribution in [0.3, 0.4) is 0 Å². The first-order valence-corrected chi connectivity index (χ1v) is 6.33. The minimum Gasteiger partial charge on any atom is -0.376 e. The molecule has 0 aliphatic heterocycles. The van der Waals surface area contributed by atoms with Crippen LogP contribution in [-0.2, 0) is 4.79 Å². The molecule has 1 amide bonds. The number of nitrogens with one attached hydrogen (secondary N) is 1. The molecular weight excluding hydrogens is 307 g/mol. The first kappa shape index (κ1) is 15.6. The van der Waals surface area contributed by atoms with Crippen molar-refractivity contribution in [2.75, 3.05) is 5.32 Å². The van der Waals surface area contributed by atoms with Crippen LogP contribution < -0.4 is 5.32 Å². The van der Waals surface area contributed by atoms with Crippen molar-refractivity contribution in [3.8, 4) is 0 Å². The largest absolute Gasteiger partial charge is 0.421 e. The van der Waals surface area contributed by atoms with E-state index in [0.717, 1.165) is 12.2 Å². The molecule has 3 nitrogen and oxygen atoms in total. The summed E-state index contributed by atoms with van der Waals surface area (Å²) in [7, 11) is 0. The lowest BCUT2D eigenvalue weighted by molar-refractivity contribution is -0.250. The fraction of sp³-hybridized carbons (Fsp3) is 0.214. The molecule has 1 aromatic carbocycles. The van der Waals surface area contributed by atoms with Crippen molar-refractivity contribution >= 4 is 23.2 Å². The van der Waals surface area contributed by atoms with Crippen LogP contribution in [0.5, 0.6) is 0 Å². The van der Waals surface area contributed by atoms with E-state index >= 15 is 0 Å². The van der Waals surface area contributed by atoms with E-state index in [1.54, 1.807) is 18.2 Å². The van der Waals surface area contributed by atoms with Crippen molar-refractivity contribution in [2.45, 2.75) is 11.8 Å². The van der Waals surface area contributed by atoms with Gasteiger partial charge in [-0.15, -0.1) is 0 Å². The number of aliphatic hydroxyl groups is 1. The number of benzene rings is 1. The van der Waals surface area contributed by atoms with E-state index in [4.69, 9.17) is 11.6 Å². The summed E-state index contributed by atoms with van der Waals surface area (Å²) in [4.78, 5) is 12.1. The van der Waals surface area contributed by atoms with Gasteiger partial charge in [0.1, 0.15) is 0 Å². The molecule has 2 N–H and O–H groups in total. The highest BCUT2D eigenvalue weighted by atomic mass is 35.5. The first-order valence-electron chi connectivity index (χ1n) is 5.95. The Morgan fingerprint density at radius 3 is 2.48 bits per heavy atom. The number of halogens is 4. The fourth-order valence-electron chi connectivity index (χ4n) is 1.94. The van der Waals surface area contributed by atoms with E-state index in [9.17, 15) is 23.1 Å². The smallest absolute Gasteiger partial charge is 0.376 e. The monoisotopic (exact) mass is 317 g/mol. The Morgan fingerprint density at radius 1 is 1.29 bits per heavy atom. The van der Waals surface area contributed by atoms with Crippen LogP contribution in [0.15, 0.2) is 53.6 Å². The number of carbonyl (C=O) groups excluding carboxylic acids is 1. The number of hydrogen-bond donors (Lipinski definition) is 2. The summed E-state index contributed by atoms with van der Waals surface area (Å²) < 4.78 is 39.1. The lowest BCUT2D eigenvalue weighted by Crippen LogP contribution is -2.54. The molecule has 1 aromatic rings. The molecular formula is C14H11ClF3NO2. The Kier molecular flexibility index (Phi) is 4.11. The number of para-hydroxylation sites is 1. The van der Waals surface area contributed by atoms with Crippen LogP contribution in [0.2, 0.25) is 0 Å². The zero-order valence-electron chi connectivity index (χ0n) is 10.6. The van der Waals surface area contributed by atoms with Crippen molar-refractivity contribution in [2.24, 2.45) is 5.92 Å². The predicted molar refractivity (Wildman–Crippen MR) is 72.6 cm³/mol. The maximum Gasteiger partial charge on any atom is 0.421 e. The van der Waals surface area contributed by atoms with Gasteiger partial charge in [0.15, 0.2) is 5.60 Å². The predicted octanol–water partition coefficient (Wildman–Crippen LogP) is 3.23. The highest BCUT2D eigenvalue weighted by molar-refractivity contribution is 6.31. The minimum atomic E-state index is -5.00. The van der Waals surface area contributed by atoms with Gasteiger partial charge < -0.3 is 10.4 Å². The maximum atomic E-state index is 13.0. The lowest BCUT2D eigenvalue weighted by Gasteiger charge is -2.34. The molecule has 2 rings (SSSR count). The van der Waals surface area contributed by atoms with Crippen molar-refractivity contribution < 1.29 is 23.1 Å². The molecule has 21 heavy (non-hydrogen) atoms. The van der Waals surface area contributed by atoms with E-state index in [-0.39, 0.29) is 5.03 Å². The molecule has 0 radical (unpaired) electrons. The van der Waals surface area contributed by atoms with Gasteiger partial charge in [-0.2, -0.15) is 13.2 Å². The summed E-state index contributed by atoms with van der Waals surface area (Å²) in [5.41, 5.74) is -2.96. The number of anilines is 1. The Morgan fingerprint density at radius 2 is 1.90 bits per heavy atom. The molecule has 0 aromatic heterocycles. The second kappa shape index (κ2) is 5.54. The zero-order chi connectivity index (χ0) is 15.7. The number of alkyl halides is 3. The topological polar surface area (TPSA) is 49.3 Å². The van der Waals surface area contributed by atoms with Crippen molar-refractivity contribution in [3.63, 3.8) is 0 Å². The second-order valence-electron chi connectivity index (χ2n) is 4.54. The van der Waals surface area contributed by atoms with Gasteiger partial charge in [0.05, 0.1) is 5.92 Å². The number of amides is 1. The molecule has 0 saturated heterocycles. The third-order valence-corrected chi connectivity index (χ3v) is 3.33. The highest BCUT2D eigenvalue weighted by Crippen LogP contribution is 2.42. The van der Waals surface area contributed by atoms with Gasteiger partial charge in [-0.25, -0.2) is 0 Å². The van der Waals surface area contributed by atoms with Crippen LogP contribution >= 0.6 is 11.6 Å². The van der Waals surface area contributed by atoms with Gasteiger partial charge in [-0.3, -0.25) is 4.79 Å². The summed E-state index contributed by atoms with van der Waals surface area (Å²) in [6, 6.07) is 7.98. The molecule has 1 aliphatic rings. The number of allylic oxidation sites excluding steroid dienone is 2. The number of rotatable bonds is 2. The summed E-state index contributed by atoms with van der Waals surface area (Å²) in [5.74, 6) is -2.86. The first-order chi connectivity index (χ1) is 9.74. The van der Waals surface area contributed by atoms with Crippen molar-refractivity contribution in [3.05, 3.63) is 53.6 Å². The second-order valence-corrected chi connectivity index (χ2v) is 4.98. The molecule has 2 unspecified atom stereocenters. The Balaban J connectivity index is 2.30. The van der Waals surface area contributed by atoms with Crippen LogP contribution in [0.4, 0.5) is 18.9 Å². The van der Waals surface area contributed by atoms with E-state index < -0.39 is 23.6 Å². The Labute approximate surface area is 123 Å². The molecule has 0 heterocycles. The van der Waals surface area contributed by atoms with Crippen molar-refractivity contribution in [1.29, 1.82) is 0 Å². The molecule has 7 heteroatoms. The fourth-order valence-corrected chi connectivity index (χ4v) is 2.13. The summed E-state index contributed by atoms with van der Waals surface area (Å²) in [6.45, 7) is 0. The maximum absolute atomic E-state index is 13.0. The molecule has 0 saturated carbocycles. The van der Waals surface area contributed by atoms with E-state index in [0.29, 0.717) is 11.8 Å². The van der Waals surface area contributed by atoms with Gasteiger partial charge in [0, 0.05) is 10.7 Å². The third-order valence-electron chi connectivity index (χ3n) is 3.07. The van der Waals surface area contributed by atoms with Gasteiger partial charge in [0.25, 0.3) is 0 Å². The standard InChI is InChI=1S/C14H11ClF3NO2/c15-9-6-7-13(21,14(16,17)18)11(8-9)12(20)19-10-4-2-1-3-5-10/h1-8,11,21H,(H,19,20). The van der Waals surface area contributed by atoms with Crippen LogP contribution in [0, 0.1) is 5.92 Å². The average Bonchev–Trinajstić information content (AvgIpc) is 2.41. The minimum absolute atomic E-state index is 0.0443. The summed E-state index contributed by atoms with van der Waals surface area (Å²) >= 11 is 5.65. The number of hydrogen-bond acceptors (Lipinski definition) is 2. The van der Waals surface area contributed by atoms with Gasteiger partial charge in [0.2, 0.25) is 5.91 Å². The molecule has 112 valence electrons. The van der Waals surface area contributed by atoms with E-state index in [2.05, 4.69) is 5.32 Å². The highest BCUT2D eigenvalue weighted by Gasteiger charge is 2.59. The lowest BCUT2D eigenvalue weighted by atomic mass is 9.82. The van der Waals surface area contributed by atoms with Gasteiger partial charge >= 0.3 is 6.18 Å². The van der Waals surface area contributed by atoms with Gasteiger partial charge in [-0.1, -0.05) is 29.8 Å². The molecule has 0 spiro atoms. The van der Waals surface area contributed by atoms with E-state index in [1.165, 1.54) is 12.1 Å². The SMILES string of the molecule is O=C(Nc1ccccc1)C1C=C(Cl)C=CC1(O)C(F)(F)F. The van der Waals surface area contributed by atoms with Gasteiger partial charge in [-0.05, 0) is 30.4 Å². The zero-order valence-corrected chi connectivity index (χ0v) is 11.3. The summed E-state index contributed by atoms with van der Waals surface area (Å²) in [6.07, 6.45) is -2.71. The summed E-state index contributed by atoms with van der Waals surface area (Å²) in [5, 5.41) is 12.1. The Bertz CT molecular complexity index is 598. The Hall–Kier alpha value is -1.79. The van der Waals surface area contributed by atoms with E-state index in [1.807, 2.05) is 0 Å².